The summed E-state index contributed by atoms with van der Waals surface area (Å²) in [6, 6.07) is 1.50. The molecule has 1 amide bonds. The average Bonchev–Trinajstić information content (AvgIpc) is 2.25. The first-order valence-corrected chi connectivity index (χ1v) is 5.87. The fourth-order valence-corrected chi connectivity index (χ4v) is 1.79. The van der Waals surface area contributed by atoms with Gasteiger partial charge in [-0.25, -0.2) is 18.0 Å². The molecule has 0 radical (unpaired) electrons. The van der Waals surface area contributed by atoms with Crippen LogP contribution in [0.15, 0.2) is 22.7 Å². The zero-order valence-corrected chi connectivity index (χ0v) is 11.0. The molecular formula is C11H9BrF3NO3. The van der Waals surface area contributed by atoms with Crippen LogP contribution in [0.3, 0.4) is 0 Å². The molecule has 0 aliphatic carbocycles. The van der Waals surface area contributed by atoms with E-state index in [2.05, 4.69) is 15.9 Å². The second-order valence-corrected chi connectivity index (χ2v) is 4.56. The maximum absolute atomic E-state index is 13.0. The Labute approximate surface area is 114 Å². The Morgan fingerprint density at radius 1 is 1.32 bits per heavy atom. The number of hydrogen-bond donors (Lipinski definition) is 2. The summed E-state index contributed by atoms with van der Waals surface area (Å²) in [6.07, 6.45) is -3.89. The zero-order chi connectivity index (χ0) is 14.6. The molecule has 1 rings (SSSR count). The standard InChI is InChI=1S/C11H9BrF3NO3/c12-6-1-5(2-7(13)3-6)10(17)16-8(11(18)19)4-9(14)15/h1-3,8-9H,4H2,(H,16,17)(H,18,19). The highest BCUT2D eigenvalue weighted by Crippen LogP contribution is 2.15. The summed E-state index contributed by atoms with van der Waals surface area (Å²) in [4.78, 5) is 22.3. The number of carbonyl (C=O) groups is 2. The summed E-state index contributed by atoms with van der Waals surface area (Å²) in [6.45, 7) is 0. The number of halogens is 4. The second-order valence-electron chi connectivity index (χ2n) is 3.65. The van der Waals surface area contributed by atoms with E-state index in [1.54, 1.807) is 0 Å². The molecule has 0 saturated carbocycles. The van der Waals surface area contributed by atoms with Crippen molar-refractivity contribution in [2.75, 3.05) is 0 Å². The van der Waals surface area contributed by atoms with Gasteiger partial charge in [-0.2, -0.15) is 0 Å². The van der Waals surface area contributed by atoms with Crippen LogP contribution in [-0.4, -0.2) is 29.5 Å². The Morgan fingerprint density at radius 2 is 1.95 bits per heavy atom. The summed E-state index contributed by atoms with van der Waals surface area (Å²) >= 11 is 2.96. The normalized spacial score (nSPS) is 12.3. The molecule has 0 fully saturated rings. The van der Waals surface area contributed by atoms with Gasteiger partial charge in [0.25, 0.3) is 5.91 Å². The Bertz CT molecular complexity index is 476. The predicted molar refractivity (Wildman–Crippen MR) is 63.6 cm³/mol. The van der Waals surface area contributed by atoms with Crippen LogP contribution in [0.4, 0.5) is 13.2 Å². The molecule has 1 unspecified atom stereocenters. The SMILES string of the molecule is O=C(NC(CC(F)F)C(=O)O)c1cc(F)cc(Br)c1. The molecule has 19 heavy (non-hydrogen) atoms. The van der Waals surface area contributed by atoms with Crippen LogP contribution in [0.5, 0.6) is 0 Å². The molecule has 0 aliphatic rings. The number of aliphatic carboxylic acids is 1. The van der Waals surface area contributed by atoms with Crippen molar-refractivity contribution in [2.24, 2.45) is 0 Å². The Morgan fingerprint density at radius 3 is 2.42 bits per heavy atom. The Hall–Kier alpha value is -1.57. The van der Waals surface area contributed by atoms with E-state index in [1.165, 1.54) is 6.07 Å². The van der Waals surface area contributed by atoms with E-state index < -0.39 is 36.6 Å². The van der Waals surface area contributed by atoms with Crippen molar-refractivity contribution in [3.8, 4) is 0 Å². The van der Waals surface area contributed by atoms with Crippen molar-refractivity contribution >= 4 is 27.8 Å². The fraction of sp³-hybridized carbons (Fsp3) is 0.273. The summed E-state index contributed by atoms with van der Waals surface area (Å²) in [5.74, 6) is -3.22. The molecule has 1 atom stereocenters. The molecule has 104 valence electrons. The van der Waals surface area contributed by atoms with Gasteiger partial charge >= 0.3 is 5.97 Å². The molecule has 0 aliphatic heterocycles. The molecule has 2 N–H and O–H groups in total. The van der Waals surface area contributed by atoms with E-state index >= 15 is 0 Å². The van der Waals surface area contributed by atoms with E-state index in [0.717, 1.165) is 12.1 Å². The van der Waals surface area contributed by atoms with Gasteiger partial charge in [0.15, 0.2) is 0 Å². The number of alkyl halides is 2. The molecule has 1 aromatic rings. The first kappa shape index (κ1) is 15.5. The molecule has 0 saturated heterocycles. The number of nitrogens with one attached hydrogen (secondary N) is 1. The minimum Gasteiger partial charge on any atom is -0.480 e. The number of carbonyl (C=O) groups excluding carboxylic acids is 1. The number of rotatable bonds is 5. The van der Waals surface area contributed by atoms with E-state index in [4.69, 9.17) is 5.11 Å². The molecule has 0 bridgehead atoms. The Kier molecular flexibility index (Phi) is 5.34. The smallest absolute Gasteiger partial charge is 0.326 e. The highest BCUT2D eigenvalue weighted by atomic mass is 79.9. The number of carboxylic acids is 1. The first-order chi connectivity index (χ1) is 8.79. The summed E-state index contributed by atoms with van der Waals surface area (Å²) in [5, 5.41) is 10.6. The summed E-state index contributed by atoms with van der Waals surface area (Å²) < 4.78 is 37.6. The zero-order valence-electron chi connectivity index (χ0n) is 9.37. The average molecular weight is 340 g/mol. The van der Waals surface area contributed by atoms with Crippen molar-refractivity contribution in [2.45, 2.75) is 18.9 Å². The first-order valence-electron chi connectivity index (χ1n) is 5.07. The molecule has 0 heterocycles. The van der Waals surface area contributed by atoms with Crippen LogP contribution < -0.4 is 5.32 Å². The van der Waals surface area contributed by atoms with Crippen molar-refractivity contribution in [1.82, 2.24) is 5.32 Å². The van der Waals surface area contributed by atoms with Gasteiger partial charge in [-0.3, -0.25) is 4.79 Å². The number of hydrogen-bond acceptors (Lipinski definition) is 2. The van der Waals surface area contributed by atoms with Crippen LogP contribution in [0.25, 0.3) is 0 Å². The van der Waals surface area contributed by atoms with Crippen molar-refractivity contribution in [3.05, 3.63) is 34.1 Å². The minimum atomic E-state index is -2.87. The van der Waals surface area contributed by atoms with Crippen LogP contribution in [0.2, 0.25) is 0 Å². The van der Waals surface area contributed by atoms with Gasteiger partial charge in [0, 0.05) is 16.5 Å². The lowest BCUT2D eigenvalue weighted by Gasteiger charge is -2.14. The third-order valence-electron chi connectivity index (χ3n) is 2.14. The molecule has 8 heteroatoms. The van der Waals surface area contributed by atoms with E-state index in [9.17, 15) is 22.8 Å². The highest BCUT2D eigenvalue weighted by Gasteiger charge is 2.24. The lowest BCUT2D eigenvalue weighted by molar-refractivity contribution is -0.140. The van der Waals surface area contributed by atoms with Crippen molar-refractivity contribution in [3.63, 3.8) is 0 Å². The van der Waals surface area contributed by atoms with Crippen molar-refractivity contribution in [1.29, 1.82) is 0 Å². The van der Waals surface area contributed by atoms with Crippen LogP contribution >= 0.6 is 15.9 Å². The molecular weight excluding hydrogens is 331 g/mol. The number of benzene rings is 1. The van der Waals surface area contributed by atoms with E-state index in [1.807, 2.05) is 5.32 Å². The third-order valence-corrected chi connectivity index (χ3v) is 2.60. The van der Waals surface area contributed by atoms with E-state index in [0.29, 0.717) is 0 Å². The fourth-order valence-electron chi connectivity index (χ4n) is 1.33. The van der Waals surface area contributed by atoms with Gasteiger partial charge in [-0.1, -0.05) is 15.9 Å². The maximum atomic E-state index is 13.0. The van der Waals surface area contributed by atoms with Crippen LogP contribution in [-0.2, 0) is 4.79 Å². The highest BCUT2D eigenvalue weighted by molar-refractivity contribution is 9.10. The Balaban J connectivity index is 2.84. The predicted octanol–water partition coefficient (Wildman–Crippen LogP) is 2.43. The largest absolute Gasteiger partial charge is 0.480 e. The number of amides is 1. The summed E-state index contributed by atoms with van der Waals surface area (Å²) in [7, 11) is 0. The van der Waals surface area contributed by atoms with Gasteiger partial charge in [0.1, 0.15) is 11.9 Å². The van der Waals surface area contributed by atoms with Crippen LogP contribution in [0, 0.1) is 5.82 Å². The molecule has 0 spiro atoms. The molecule has 0 aromatic heterocycles. The van der Waals surface area contributed by atoms with Crippen molar-refractivity contribution < 1.29 is 27.9 Å². The van der Waals surface area contributed by atoms with Gasteiger partial charge in [-0.05, 0) is 18.2 Å². The van der Waals surface area contributed by atoms with Crippen LogP contribution in [0.1, 0.15) is 16.8 Å². The maximum Gasteiger partial charge on any atom is 0.326 e. The van der Waals surface area contributed by atoms with Gasteiger partial charge < -0.3 is 10.4 Å². The van der Waals surface area contributed by atoms with Gasteiger partial charge in [0.05, 0.1) is 0 Å². The number of carboxylic acid groups (broad SMARTS) is 1. The second kappa shape index (κ2) is 6.55. The molecule has 1 aromatic carbocycles. The third kappa shape index (κ3) is 4.90. The lowest BCUT2D eigenvalue weighted by atomic mass is 10.1. The van der Waals surface area contributed by atoms with Gasteiger partial charge in [-0.15, -0.1) is 0 Å². The monoisotopic (exact) mass is 339 g/mol. The lowest BCUT2D eigenvalue weighted by Crippen LogP contribution is -2.42. The summed E-state index contributed by atoms with van der Waals surface area (Å²) in [5.41, 5.74) is -0.160. The molecule has 4 nitrogen and oxygen atoms in total. The topological polar surface area (TPSA) is 66.4 Å². The van der Waals surface area contributed by atoms with Gasteiger partial charge in [0.2, 0.25) is 6.43 Å². The quantitative estimate of drug-likeness (QED) is 0.865. The minimum absolute atomic E-state index is 0.160. The van der Waals surface area contributed by atoms with E-state index in [-0.39, 0.29) is 10.0 Å².